The lowest BCUT2D eigenvalue weighted by atomic mass is 10.2. The van der Waals surface area contributed by atoms with Crippen molar-refractivity contribution in [2.45, 2.75) is 19.9 Å². The third-order valence-corrected chi connectivity index (χ3v) is 3.26. The van der Waals surface area contributed by atoms with E-state index in [1.165, 1.54) is 11.0 Å². The molecule has 0 heterocycles. The van der Waals surface area contributed by atoms with Gasteiger partial charge in [0.25, 0.3) is 0 Å². The van der Waals surface area contributed by atoms with Gasteiger partial charge in [-0.3, -0.25) is 0 Å². The van der Waals surface area contributed by atoms with Gasteiger partial charge < -0.3 is 14.4 Å². The van der Waals surface area contributed by atoms with Crippen molar-refractivity contribution in [3.63, 3.8) is 0 Å². The lowest BCUT2D eigenvalue weighted by Crippen LogP contribution is -3.12. The zero-order valence-corrected chi connectivity index (χ0v) is 12.7. The molecule has 0 aromatic heterocycles. The number of nitrogens with one attached hydrogen (secondary N) is 1. The van der Waals surface area contributed by atoms with Crippen LogP contribution in [0.1, 0.15) is 19.4 Å². The van der Waals surface area contributed by atoms with Gasteiger partial charge in [-0.1, -0.05) is 18.2 Å². The lowest BCUT2D eigenvalue weighted by molar-refractivity contribution is -0.901. The van der Waals surface area contributed by atoms with E-state index in [-0.39, 0.29) is 5.97 Å². The molecule has 4 heteroatoms. The Labute approximate surface area is 121 Å². The highest BCUT2D eigenvalue weighted by Gasteiger charge is 2.07. The standard InChI is InChI=1S/C16H23NO3/c1-13(2)17(3)11-12-20-16(18)10-9-14-7-5-6-8-15(14)19-4/h5-10,13H,11-12H2,1-4H3/p+1. The SMILES string of the molecule is COc1ccccc1C=CC(=O)OCC[NH+](C)C(C)C. The Kier molecular flexibility index (Phi) is 6.81. The van der Waals surface area contributed by atoms with Crippen molar-refractivity contribution < 1.29 is 19.2 Å². The van der Waals surface area contributed by atoms with Crippen LogP contribution in [0, 0.1) is 0 Å². The average molecular weight is 278 g/mol. The number of carbonyl (C=O) groups is 1. The van der Waals surface area contributed by atoms with Gasteiger partial charge in [-0.25, -0.2) is 4.79 Å². The first-order valence-electron chi connectivity index (χ1n) is 6.84. The molecule has 20 heavy (non-hydrogen) atoms. The smallest absolute Gasteiger partial charge is 0.330 e. The number of rotatable bonds is 7. The summed E-state index contributed by atoms with van der Waals surface area (Å²) in [5, 5.41) is 0. The Balaban J connectivity index is 2.44. The van der Waals surface area contributed by atoms with E-state index < -0.39 is 0 Å². The maximum Gasteiger partial charge on any atom is 0.330 e. The fourth-order valence-electron chi connectivity index (χ4n) is 1.61. The average Bonchev–Trinajstić information content (AvgIpc) is 2.45. The third-order valence-electron chi connectivity index (χ3n) is 3.26. The summed E-state index contributed by atoms with van der Waals surface area (Å²) in [6.07, 6.45) is 3.14. The van der Waals surface area contributed by atoms with Gasteiger partial charge in [0.1, 0.15) is 18.9 Å². The second-order valence-electron chi connectivity index (χ2n) is 4.99. The van der Waals surface area contributed by atoms with Crippen molar-refractivity contribution in [2.75, 3.05) is 27.3 Å². The van der Waals surface area contributed by atoms with Gasteiger partial charge in [0, 0.05) is 11.6 Å². The van der Waals surface area contributed by atoms with E-state index in [4.69, 9.17) is 9.47 Å². The number of likely N-dealkylation sites (N-methyl/N-ethyl adjacent to an activating group) is 1. The van der Waals surface area contributed by atoms with Gasteiger partial charge in [-0.2, -0.15) is 0 Å². The van der Waals surface area contributed by atoms with Gasteiger partial charge in [0.05, 0.1) is 20.2 Å². The fourth-order valence-corrected chi connectivity index (χ4v) is 1.61. The summed E-state index contributed by atoms with van der Waals surface area (Å²) in [5.41, 5.74) is 0.858. The third kappa shape index (κ3) is 5.45. The largest absolute Gasteiger partial charge is 0.496 e. The molecule has 1 aromatic carbocycles. The quantitative estimate of drug-likeness (QED) is 0.601. The number of hydrogen-bond acceptors (Lipinski definition) is 3. The number of quaternary nitrogens is 1. The predicted octanol–water partition coefficient (Wildman–Crippen LogP) is 1.17. The molecule has 4 nitrogen and oxygen atoms in total. The van der Waals surface area contributed by atoms with Crippen LogP contribution >= 0.6 is 0 Å². The zero-order valence-electron chi connectivity index (χ0n) is 12.7. The highest BCUT2D eigenvalue weighted by molar-refractivity contribution is 5.87. The second kappa shape index (κ2) is 8.38. The summed E-state index contributed by atoms with van der Waals surface area (Å²) in [6, 6.07) is 8.05. The molecule has 0 amide bonds. The number of hydrogen-bond donors (Lipinski definition) is 1. The van der Waals surface area contributed by atoms with Crippen molar-refractivity contribution in [2.24, 2.45) is 0 Å². The van der Waals surface area contributed by atoms with Crippen LogP contribution in [0.5, 0.6) is 5.75 Å². The van der Waals surface area contributed by atoms with Crippen LogP contribution < -0.4 is 9.64 Å². The van der Waals surface area contributed by atoms with Crippen LogP contribution in [0.15, 0.2) is 30.3 Å². The molecular formula is C16H24NO3+. The van der Waals surface area contributed by atoms with E-state index >= 15 is 0 Å². The molecule has 0 saturated heterocycles. The minimum absolute atomic E-state index is 0.326. The molecule has 0 aliphatic heterocycles. The summed E-state index contributed by atoms with van der Waals surface area (Å²) in [7, 11) is 3.69. The van der Waals surface area contributed by atoms with Crippen LogP contribution in [-0.4, -0.2) is 39.3 Å². The molecule has 0 saturated carbocycles. The molecule has 0 spiro atoms. The Hall–Kier alpha value is -1.81. The van der Waals surface area contributed by atoms with Crippen LogP contribution in [-0.2, 0) is 9.53 Å². The van der Waals surface area contributed by atoms with Crippen molar-refractivity contribution in [3.05, 3.63) is 35.9 Å². The molecule has 0 radical (unpaired) electrons. The number of para-hydroxylation sites is 1. The molecule has 110 valence electrons. The normalized spacial score (nSPS) is 12.7. The first-order valence-corrected chi connectivity index (χ1v) is 6.84. The summed E-state index contributed by atoms with van der Waals surface area (Å²) >= 11 is 0. The van der Waals surface area contributed by atoms with Crippen LogP contribution in [0.3, 0.4) is 0 Å². The molecule has 0 bridgehead atoms. The Morgan fingerprint density at radius 3 is 2.70 bits per heavy atom. The van der Waals surface area contributed by atoms with Crippen LogP contribution in [0.4, 0.5) is 0 Å². The molecular weight excluding hydrogens is 254 g/mol. The van der Waals surface area contributed by atoms with Crippen molar-refractivity contribution >= 4 is 12.0 Å². The maximum absolute atomic E-state index is 11.6. The number of ether oxygens (including phenoxy) is 2. The maximum atomic E-state index is 11.6. The second-order valence-corrected chi connectivity index (χ2v) is 4.99. The molecule has 1 atom stereocenters. The van der Waals surface area contributed by atoms with Crippen molar-refractivity contribution in [1.29, 1.82) is 0 Å². The van der Waals surface area contributed by atoms with Crippen molar-refractivity contribution in [1.82, 2.24) is 0 Å². The van der Waals surface area contributed by atoms with E-state index in [1.807, 2.05) is 24.3 Å². The predicted molar refractivity (Wildman–Crippen MR) is 79.9 cm³/mol. The molecule has 1 N–H and O–H groups in total. The van der Waals surface area contributed by atoms with Gasteiger partial charge in [0.2, 0.25) is 0 Å². The highest BCUT2D eigenvalue weighted by atomic mass is 16.5. The monoisotopic (exact) mass is 278 g/mol. The van der Waals surface area contributed by atoms with Crippen LogP contribution in [0.2, 0.25) is 0 Å². The summed E-state index contributed by atoms with van der Waals surface area (Å²) in [5.74, 6) is 0.410. The number of methoxy groups -OCH3 is 1. The van der Waals surface area contributed by atoms with E-state index in [1.54, 1.807) is 13.2 Å². The molecule has 0 aliphatic rings. The molecule has 1 aromatic rings. The number of benzene rings is 1. The lowest BCUT2D eigenvalue weighted by Gasteiger charge is -2.17. The van der Waals surface area contributed by atoms with E-state index in [0.29, 0.717) is 12.6 Å². The van der Waals surface area contributed by atoms with Crippen molar-refractivity contribution in [3.8, 4) is 5.75 Å². The zero-order chi connectivity index (χ0) is 15.0. The number of esters is 1. The summed E-state index contributed by atoms with van der Waals surface area (Å²) in [4.78, 5) is 12.9. The summed E-state index contributed by atoms with van der Waals surface area (Å²) < 4.78 is 10.4. The van der Waals surface area contributed by atoms with Gasteiger partial charge in [-0.15, -0.1) is 0 Å². The first-order chi connectivity index (χ1) is 9.54. The fraction of sp³-hybridized carbons (Fsp3) is 0.438. The minimum atomic E-state index is -0.326. The first kappa shape index (κ1) is 16.2. The molecule has 0 fully saturated rings. The van der Waals surface area contributed by atoms with E-state index in [0.717, 1.165) is 17.9 Å². The molecule has 1 rings (SSSR count). The number of carbonyl (C=O) groups excluding carboxylic acids is 1. The topological polar surface area (TPSA) is 40.0 Å². The Bertz CT molecular complexity index is 455. The Morgan fingerprint density at radius 2 is 2.05 bits per heavy atom. The Morgan fingerprint density at radius 1 is 1.35 bits per heavy atom. The van der Waals surface area contributed by atoms with E-state index in [2.05, 4.69) is 20.9 Å². The molecule has 1 unspecified atom stereocenters. The van der Waals surface area contributed by atoms with Gasteiger partial charge in [0.15, 0.2) is 0 Å². The van der Waals surface area contributed by atoms with Gasteiger partial charge >= 0.3 is 5.97 Å². The van der Waals surface area contributed by atoms with Gasteiger partial charge in [-0.05, 0) is 26.0 Å². The molecule has 0 aliphatic carbocycles. The van der Waals surface area contributed by atoms with Crippen LogP contribution in [0.25, 0.3) is 6.08 Å². The minimum Gasteiger partial charge on any atom is -0.496 e. The van der Waals surface area contributed by atoms with E-state index in [9.17, 15) is 4.79 Å². The highest BCUT2D eigenvalue weighted by Crippen LogP contribution is 2.18. The summed E-state index contributed by atoms with van der Waals surface area (Å²) in [6.45, 7) is 5.52.